The first kappa shape index (κ1) is 18.5. The summed E-state index contributed by atoms with van der Waals surface area (Å²) >= 11 is 0. The van der Waals surface area contributed by atoms with Gasteiger partial charge in [0, 0.05) is 37.9 Å². The van der Waals surface area contributed by atoms with Gasteiger partial charge in [0.2, 0.25) is 5.91 Å². The molecule has 5 nitrogen and oxygen atoms in total. The quantitative estimate of drug-likeness (QED) is 0.798. The molecule has 1 aromatic carbocycles. The summed E-state index contributed by atoms with van der Waals surface area (Å²) in [5.41, 5.74) is 2.40. The molecule has 0 spiro atoms. The van der Waals surface area contributed by atoms with Crippen molar-refractivity contribution in [2.75, 3.05) is 20.2 Å². The van der Waals surface area contributed by atoms with Gasteiger partial charge < -0.3 is 14.2 Å². The van der Waals surface area contributed by atoms with Gasteiger partial charge in [0.25, 0.3) is 0 Å². The Kier molecular flexibility index (Phi) is 5.96. The molecule has 0 aliphatic carbocycles. The minimum Gasteiger partial charge on any atom is -0.497 e. The van der Waals surface area contributed by atoms with Crippen LogP contribution < -0.4 is 4.74 Å². The van der Waals surface area contributed by atoms with Gasteiger partial charge in [-0.25, -0.2) is 4.98 Å². The number of hydrogen-bond acceptors (Lipinski definition) is 3. The van der Waals surface area contributed by atoms with Gasteiger partial charge in [0.1, 0.15) is 11.6 Å². The molecular formula is C21H29N3O2. The van der Waals surface area contributed by atoms with Crippen molar-refractivity contribution in [1.29, 1.82) is 0 Å². The number of aromatic nitrogens is 2. The summed E-state index contributed by atoms with van der Waals surface area (Å²) in [7, 11) is 1.66. The molecule has 0 N–H and O–H groups in total. The van der Waals surface area contributed by atoms with E-state index in [2.05, 4.69) is 23.4 Å². The first-order valence-electron chi connectivity index (χ1n) is 9.46. The average Bonchev–Trinajstić information content (AvgIpc) is 2.99. The lowest BCUT2D eigenvalue weighted by molar-refractivity contribution is -0.132. The Balaban J connectivity index is 1.44. The van der Waals surface area contributed by atoms with E-state index in [1.807, 2.05) is 35.4 Å². The summed E-state index contributed by atoms with van der Waals surface area (Å²) in [5, 5.41) is 0. The maximum absolute atomic E-state index is 12.5. The fraction of sp³-hybridized carbons (Fsp3) is 0.524. The summed E-state index contributed by atoms with van der Waals surface area (Å²) in [6, 6.07) is 7.97. The second-order valence-corrected chi connectivity index (χ2v) is 7.23. The second-order valence-electron chi connectivity index (χ2n) is 7.23. The Morgan fingerprint density at radius 3 is 2.46 bits per heavy atom. The van der Waals surface area contributed by atoms with Crippen molar-refractivity contribution in [1.82, 2.24) is 14.5 Å². The van der Waals surface area contributed by atoms with Crippen LogP contribution in [0.25, 0.3) is 0 Å². The van der Waals surface area contributed by atoms with Gasteiger partial charge in [-0.15, -0.1) is 0 Å². The van der Waals surface area contributed by atoms with Gasteiger partial charge in [-0.3, -0.25) is 4.79 Å². The summed E-state index contributed by atoms with van der Waals surface area (Å²) < 4.78 is 7.47. The highest BCUT2D eigenvalue weighted by molar-refractivity contribution is 5.76. The van der Waals surface area contributed by atoms with Crippen LogP contribution in [0.5, 0.6) is 5.75 Å². The van der Waals surface area contributed by atoms with Gasteiger partial charge in [-0.1, -0.05) is 12.1 Å². The number of nitrogens with zero attached hydrogens (tertiary/aromatic N) is 3. The summed E-state index contributed by atoms with van der Waals surface area (Å²) in [6.45, 7) is 6.94. The van der Waals surface area contributed by atoms with Gasteiger partial charge in [0.05, 0.1) is 7.11 Å². The smallest absolute Gasteiger partial charge is 0.222 e. The molecule has 0 saturated carbocycles. The maximum Gasteiger partial charge on any atom is 0.222 e. The van der Waals surface area contributed by atoms with E-state index in [1.165, 1.54) is 11.3 Å². The van der Waals surface area contributed by atoms with E-state index in [9.17, 15) is 4.79 Å². The molecule has 1 aromatic heterocycles. The number of methoxy groups -OCH3 is 1. The number of hydrogen-bond donors (Lipinski definition) is 0. The van der Waals surface area contributed by atoms with Gasteiger partial charge in [-0.05, 0) is 56.7 Å². The van der Waals surface area contributed by atoms with Crippen molar-refractivity contribution in [3.63, 3.8) is 0 Å². The van der Waals surface area contributed by atoms with Crippen LogP contribution in [0, 0.1) is 19.8 Å². The molecule has 0 bridgehead atoms. The number of imidazole rings is 1. The maximum atomic E-state index is 12.5. The van der Waals surface area contributed by atoms with Crippen molar-refractivity contribution >= 4 is 5.91 Å². The highest BCUT2D eigenvalue weighted by atomic mass is 16.5. The topological polar surface area (TPSA) is 47.4 Å². The van der Waals surface area contributed by atoms with Crippen LogP contribution >= 0.6 is 0 Å². The number of piperidine rings is 1. The van der Waals surface area contributed by atoms with Crippen molar-refractivity contribution in [2.24, 2.45) is 5.92 Å². The van der Waals surface area contributed by atoms with Gasteiger partial charge in [0.15, 0.2) is 0 Å². The van der Waals surface area contributed by atoms with E-state index >= 15 is 0 Å². The fourth-order valence-electron chi connectivity index (χ4n) is 3.68. The average molecular weight is 355 g/mol. The standard InChI is InChI=1S/C21H29N3O2/c1-16-14-22-17(2)24(16)15-19-10-12-23(13-11-19)21(25)9-6-18-4-7-20(26-3)8-5-18/h4-5,7-8,14,19H,6,9-13,15H2,1-3H3. The number of rotatable bonds is 6. The fourth-order valence-corrected chi connectivity index (χ4v) is 3.68. The molecule has 140 valence electrons. The zero-order valence-corrected chi connectivity index (χ0v) is 16.1. The Hall–Kier alpha value is -2.30. The Morgan fingerprint density at radius 2 is 1.88 bits per heavy atom. The van der Waals surface area contributed by atoms with Gasteiger partial charge in [-0.2, -0.15) is 0 Å². The monoisotopic (exact) mass is 355 g/mol. The zero-order valence-electron chi connectivity index (χ0n) is 16.1. The van der Waals surface area contributed by atoms with Crippen LogP contribution in [0.4, 0.5) is 0 Å². The minimum absolute atomic E-state index is 0.272. The SMILES string of the molecule is COc1ccc(CCC(=O)N2CCC(Cn3c(C)cnc3C)CC2)cc1. The molecule has 0 radical (unpaired) electrons. The molecule has 1 aliphatic rings. The normalized spacial score (nSPS) is 15.3. The Bertz CT molecular complexity index is 709. The number of carbonyl (C=O) groups excluding carboxylic acids is 1. The van der Waals surface area contributed by atoms with Crippen LogP contribution in [-0.4, -0.2) is 40.6 Å². The number of aryl methyl sites for hydroxylation is 3. The van der Waals surface area contributed by atoms with Crippen LogP contribution in [0.1, 0.15) is 36.3 Å². The molecule has 26 heavy (non-hydrogen) atoms. The van der Waals surface area contributed by atoms with Crippen molar-refractivity contribution < 1.29 is 9.53 Å². The summed E-state index contributed by atoms with van der Waals surface area (Å²) in [4.78, 5) is 18.9. The molecule has 2 aromatic rings. The Morgan fingerprint density at radius 1 is 1.19 bits per heavy atom. The lowest BCUT2D eigenvalue weighted by Crippen LogP contribution is -2.39. The van der Waals surface area contributed by atoms with E-state index < -0.39 is 0 Å². The molecule has 1 fully saturated rings. The second kappa shape index (κ2) is 8.39. The lowest BCUT2D eigenvalue weighted by Gasteiger charge is -2.32. The molecule has 0 atom stereocenters. The first-order valence-corrected chi connectivity index (χ1v) is 9.46. The van der Waals surface area contributed by atoms with Crippen LogP contribution in [-0.2, 0) is 17.8 Å². The first-order chi connectivity index (χ1) is 12.6. The third kappa shape index (κ3) is 4.45. The zero-order chi connectivity index (χ0) is 18.5. The molecule has 0 unspecified atom stereocenters. The number of likely N-dealkylation sites (tertiary alicyclic amines) is 1. The minimum atomic E-state index is 0.272. The molecular weight excluding hydrogens is 326 g/mol. The molecule has 1 aliphatic heterocycles. The van der Waals surface area contributed by atoms with Crippen molar-refractivity contribution in [2.45, 2.75) is 46.1 Å². The molecule has 1 amide bonds. The highest BCUT2D eigenvalue weighted by Crippen LogP contribution is 2.22. The van der Waals surface area contributed by atoms with Crippen molar-refractivity contribution in [3.05, 3.63) is 47.5 Å². The van der Waals surface area contributed by atoms with Crippen LogP contribution in [0.15, 0.2) is 30.5 Å². The number of carbonyl (C=O) groups is 1. The predicted molar refractivity (Wildman–Crippen MR) is 102 cm³/mol. The Labute approximate surface area is 156 Å². The van der Waals surface area contributed by atoms with E-state index in [0.717, 1.165) is 50.5 Å². The van der Waals surface area contributed by atoms with Crippen LogP contribution in [0.3, 0.4) is 0 Å². The van der Waals surface area contributed by atoms with E-state index in [1.54, 1.807) is 7.11 Å². The largest absolute Gasteiger partial charge is 0.497 e. The third-order valence-electron chi connectivity index (χ3n) is 5.45. The number of amides is 1. The third-order valence-corrected chi connectivity index (χ3v) is 5.45. The van der Waals surface area contributed by atoms with Gasteiger partial charge >= 0.3 is 0 Å². The van der Waals surface area contributed by atoms with Crippen LogP contribution in [0.2, 0.25) is 0 Å². The van der Waals surface area contributed by atoms with E-state index in [4.69, 9.17) is 4.74 Å². The van der Waals surface area contributed by atoms with Crippen molar-refractivity contribution in [3.8, 4) is 5.75 Å². The summed E-state index contributed by atoms with van der Waals surface area (Å²) in [6.07, 6.45) is 5.46. The molecule has 3 rings (SSSR count). The predicted octanol–water partition coefficient (Wildman–Crippen LogP) is 3.38. The van der Waals surface area contributed by atoms with E-state index in [-0.39, 0.29) is 5.91 Å². The number of benzene rings is 1. The molecule has 5 heteroatoms. The number of ether oxygens (including phenoxy) is 1. The lowest BCUT2D eigenvalue weighted by atomic mass is 9.96. The molecule has 2 heterocycles. The highest BCUT2D eigenvalue weighted by Gasteiger charge is 2.23. The molecule has 1 saturated heterocycles. The summed E-state index contributed by atoms with van der Waals surface area (Å²) in [5.74, 6) is 2.84. The van der Waals surface area contributed by atoms with E-state index in [0.29, 0.717) is 12.3 Å².